The summed E-state index contributed by atoms with van der Waals surface area (Å²) >= 11 is 0. The van der Waals surface area contributed by atoms with Crippen LogP contribution in [-0.2, 0) is 4.79 Å². The van der Waals surface area contributed by atoms with Gasteiger partial charge in [-0.15, -0.1) is 0 Å². The van der Waals surface area contributed by atoms with E-state index in [2.05, 4.69) is 6.72 Å². The van der Waals surface area contributed by atoms with Crippen molar-refractivity contribution >= 4 is 12.6 Å². The summed E-state index contributed by atoms with van der Waals surface area (Å²) in [6.45, 7) is 5.41. The molecular formula is C6H12NO+. The lowest BCUT2D eigenvalue weighted by Gasteiger charge is -1.86. The average Bonchev–Trinajstić information content (AvgIpc) is 1.67. The molecule has 0 fully saturated rings. The van der Waals surface area contributed by atoms with Crippen LogP contribution in [0.4, 0.5) is 0 Å². The standard InChI is InChI=1S/C6H12NO/c1-4-5-6(8)7(2)3/h2,4-5H2,1,3H3/q+1. The largest absolute Gasteiger partial charge is 0.386 e. The van der Waals surface area contributed by atoms with Crippen LogP contribution in [0.3, 0.4) is 0 Å². The van der Waals surface area contributed by atoms with E-state index in [0.29, 0.717) is 6.42 Å². The Kier molecular flexibility index (Phi) is 3.08. The fourth-order valence-corrected chi connectivity index (χ4v) is 0.405. The molecule has 0 spiro atoms. The van der Waals surface area contributed by atoms with Crippen molar-refractivity contribution in [2.75, 3.05) is 7.05 Å². The van der Waals surface area contributed by atoms with Crippen LogP contribution in [0.2, 0.25) is 0 Å². The Morgan fingerprint density at radius 2 is 2.25 bits per heavy atom. The minimum absolute atomic E-state index is 0.104. The fraction of sp³-hybridized carbons (Fsp3) is 0.667. The Hall–Kier alpha value is -0.660. The van der Waals surface area contributed by atoms with Crippen LogP contribution in [-0.4, -0.2) is 24.2 Å². The summed E-state index contributed by atoms with van der Waals surface area (Å²) in [5.41, 5.74) is 0. The second-order valence-corrected chi connectivity index (χ2v) is 1.84. The lowest BCUT2D eigenvalue weighted by atomic mass is 10.3. The Balaban J connectivity index is 3.49. The highest BCUT2D eigenvalue weighted by molar-refractivity contribution is 5.68. The number of hydrogen-bond acceptors (Lipinski definition) is 1. The van der Waals surface area contributed by atoms with Crippen LogP contribution in [0.1, 0.15) is 19.8 Å². The van der Waals surface area contributed by atoms with Crippen molar-refractivity contribution in [1.29, 1.82) is 0 Å². The van der Waals surface area contributed by atoms with Gasteiger partial charge in [-0.1, -0.05) is 6.92 Å². The number of amides is 1. The maximum Gasteiger partial charge on any atom is 0.386 e. The number of hydrogen-bond donors (Lipinski definition) is 0. The van der Waals surface area contributed by atoms with Gasteiger partial charge in [0, 0.05) is 0 Å². The second-order valence-electron chi connectivity index (χ2n) is 1.84. The van der Waals surface area contributed by atoms with Crippen molar-refractivity contribution in [2.24, 2.45) is 0 Å². The quantitative estimate of drug-likeness (QED) is 0.381. The van der Waals surface area contributed by atoms with Gasteiger partial charge < -0.3 is 0 Å². The van der Waals surface area contributed by atoms with Gasteiger partial charge in [0.15, 0.2) is 0 Å². The fourth-order valence-electron chi connectivity index (χ4n) is 0.405. The van der Waals surface area contributed by atoms with Crippen molar-refractivity contribution in [3.05, 3.63) is 0 Å². The van der Waals surface area contributed by atoms with E-state index in [1.807, 2.05) is 6.92 Å². The highest BCUT2D eigenvalue weighted by atomic mass is 16.2. The molecule has 0 atom stereocenters. The molecule has 0 saturated heterocycles. The lowest BCUT2D eigenvalue weighted by molar-refractivity contribution is -0.410. The van der Waals surface area contributed by atoms with E-state index >= 15 is 0 Å². The third kappa shape index (κ3) is 2.50. The molecule has 0 aromatic rings. The van der Waals surface area contributed by atoms with Crippen molar-refractivity contribution < 1.29 is 9.37 Å². The van der Waals surface area contributed by atoms with Crippen LogP contribution in [0.5, 0.6) is 0 Å². The van der Waals surface area contributed by atoms with Gasteiger partial charge in [-0.2, -0.15) is 4.58 Å². The second kappa shape index (κ2) is 3.36. The molecule has 0 bridgehead atoms. The third-order valence-electron chi connectivity index (χ3n) is 0.890. The summed E-state index contributed by atoms with van der Waals surface area (Å²) in [7, 11) is 1.66. The van der Waals surface area contributed by atoms with Gasteiger partial charge in [0.25, 0.3) is 0 Å². The predicted molar refractivity (Wildman–Crippen MR) is 33.2 cm³/mol. The van der Waals surface area contributed by atoms with Gasteiger partial charge in [-0.3, -0.25) is 0 Å². The summed E-state index contributed by atoms with van der Waals surface area (Å²) in [6, 6.07) is 0. The molecule has 2 heteroatoms. The molecule has 0 aliphatic rings. The molecule has 0 aliphatic heterocycles. The minimum atomic E-state index is 0.104. The van der Waals surface area contributed by atoms with E-state index < -0.39 is 0 Å². The SMILES string of the molecule is C=[N+](C)C(=O)CCC. The van der Waals surface area contributed by atoms with Gasteiger partial charge >= 0.3 is 5.91 Å². The summed E-state index contributed by atoms with van der Waals surface area (Å²) in [6.07, 6.45) is 1.51. The predicted octanol–water partition coefficient (Wildman–Crippen LogP) is 0.656. The molecule has 0 saturated carbocycles. The first kappa shape index (κ1) is 7.34. The molecule has 0 unspecified atom stereocenters. The van der Waals surface area contributed by atoms with Crippen LogP contribution in [0.15, 0.2) is 0 Å². The molecule has 0 rings (SSSR count). The number of carbonyl (C=O) groups excluding carboxylic acids is 1. The Bertz CT molecular complexity index is 107. The van der Waals surface area contributed by atoms with Crippen molar-refractivity contribution in [3.8, 4) is 0 Å². The molecule has 2 nitrogen and oxygen atoms in total. The highest BCUT2D eigenvalue weighted by Crippen LogP contribution is 1.86. The van der Waals surface area contributed by atoms with Gasteiger partial charge in [-0.05, 0) is 6.42 Å². The van der Waals surface area contributed by atoms with E-state index in [4.69, 9.17) is 0 Å². The van der Waals surface area contributed by atoms with Crippen LogP contribution in [0, 0.1) is 0 Å². The third-order valence-corrected chi connectivity index (χ3v) is 0.890. The smallest absolute Gasteiger partial charge is 0.220 e. The first-order valence-electron chi connectivity index (χ1n) is 2.75. The normalized spacial score (nSPS) is 8.75. The van der Waals surface area contributed by atoms with Gasteiger partial charge in [-0.25, -0.2) is 4.79 Å². The Morgan fingerprint density at radius 1 is 1.75 bits per heavy atom. The molecule has 0 heterocycles. The maximum atomic E-state index is 10.6. The average molecular weight is 114 g/mol. The zero-order chi connectivity index (χ0) is 6.57. The first-order valence-corrected chi connectivity index (χ1v) is 2.75. The minimum Gasteiger partial charge on any atom is -0.220 e. The van der Waals surface area contributed by atoms with Crippen LogP contribution >= 0.6 is 0 Å². The zero-order valence-electron chi connectivity index (χ0n) is 5.48. The number of carbonyl (C=O) groups is 1. The molecule has 0 aromatic carbocycles. The van der Waals surface area contributed by atoms with Gasteiger partial charge in [0.05, 0.1) is 6.42 Å². The molecule has 0 radical (unpaired) electrons. The summed E-state index contributed by atoms with van der Waals surface area (Å²) in [5.74, 6) is 0.104. The van der Waals surface area contributed by atoms with Crippen molar-refractivity contribution in [2.45, 2.75) is 19.8 Å². The molecule has 1 amide bonds. The maximum absolute atomic E-state index is 10.6. The van der Waals surface area contributed by atoms with Crippen molar-refractivity contribution in [1.82, 2.24) is 0 Å². The lowest BCUT2D eigenvalue weighted by Crippen LogP contribution is -2.12. The summed E-state index contributed by atoms with van der Waals surface area (Å²) in [5, 5.41) is 0. The highest BCUT2D eigenvalue weighted by Gasteiger charge is 2.05. The molecule has 46 valence electrons. The summed E-state index contributed by atoms with van der Waals surface area (Å²) < 4.78 is 1.36. The van der Waals surface area contributed by atoms with Crippen molar-refractivity contribution in [3.63, 3.8) is 0 Å². The summed E-state index contributed by atoms with van der Waals surface area (Å²) in [4.78, 5) is 10.6. The van der Waals surface area contributed by atoms with E-state index in [9.17, 15) is 4.79 Å². The first-order chi connectivity index (χ1) is 3.68. The van der Waals surface area contributed by atoms with Crippen LogP contribution < -0.4 is 0 Å². The Labute approximate surface area is 49.8 Å². The van der Waals surface area contributed by atoms with Gasteiger partial charge in [0.1, 0.15) is 13.8 Å². The van der Waals surface area contributed by atoms with E-state index in [-0.39, 0.29) is 5.91 Å². The molecule has 0 aliphatic carbocycles. The zero-order valence-corrected chi connectivity index (χ0v) is 5.48. The topological polar surface area (TPSA) is 20.1 Å². The molecule has 8 heavy (non-hydrogen) atoms. The number of nitrogens with zero attached hydrogens (tertiary/aromatic N) is 1. The molecule has 0 aromatic heterocycles. The monoisotopic (exact) mass is 114 g/mol. The number of rotatable bonds is 2. The van der Waals surface area contributed by atoms with E-state index in [1.165, 1.54) is 4.58 Å². The molecule has 0 N–H and O–H groups in total. The van der Waals surface area contributed by atoms with E-state index in [1.54, 1.807) is 7.05 Å². The van der Waals surface area contributed by atoms with E-state index in [0.717, 1.165) is 6.42 Å². The van der Waals surface area contributed by atoms with Crippen LogP contribution in [0.25, 0.3) is 0 Å². The Morgan fingerprint density at radius 3 is 2.38 bits per heavy atom. The molecular weight excluding hydrogens is 102 g/mol. The van der Waals surface area contributed by atoms with Gasteiger partial charge in [0.2, 0.25) is 0 Å².